The van der Waals surface area contributed by atoms with Gasteiger partial charge in [0.25, 0.3) is 0 Å². The second-order valence-electron chi connectivity index (χ2n) is 5.00. The Balaban J connectivity index is 1.74. The molecule has 1 aliphatic heterocycles. The lowest BCUT2D eigenvalue weighted by atomic mass is 10.2. The van der Waals surface area contributed by atoms with Crippen LogP contribution in [0.1, 0.15) is 18.1 Å². The van der Waals surface area contributed by atoms with Gasteiger partial charge >= 0.3 is 0 Å². The van der Waals surface area contributed by atoms with Gasteiger partial charge in [-0.05, 0) is 19.4 Å². The molecule has 1 atom stereocenters. The Labute approximate surface area is 119 Å². The number of ether oxygens (including phenoxy) is 1. The minimum absolute atomic E-state index is 0.166. The topological polar surface area (TPSA) is 29.5 Å². The molecule has 1 unspecified atom stereocenters. The first kappa shape index (κ1) is 14.4. The van der Waals surface area contributed by atoms with Crippen LogP contribution in [0.4, 0.5) is 0 Å². The van der Waals surface area contributed by atoms with Gasteiger partial charge in [-0.3, -0.25) is 4.79 Å². The first-order valence-corrected chi connectivity index (χ1v) is 7.83. The highest BCUT2D eigenvalue weighted by molar-refractivity contribution is 7.99. The van der Waals surface area contributed by atoms with E-state index in [0.717, 1.165) is 18.8 Å². The molecular formula is C15H21NO2S. The van der Waals surface area contributed by atoms with Crippen molar-refractivity contribution < 1.29 is 9.53 Å². The van der Waals surface area contributed by atoms with Gasteiger partial charge in [0.1, 0.15) is 0 Å². The number of morpholine rings is 1. The predicted octanol–water partition coefficient (Wildman–Crippen LogP) is 2.48. The second kappa shape index (κ2) is 6.96. The van der Waals surface area contributed by atoms with E-state index in [1.807, 2.05) is 11.8 Å². The number of nitrogens with zero attached hydrogens (tertiary/aromatic N) is 1. The second-order valence-corrected chi connectivity index (χ2v) is 5.99. The summed E-state index contributed by atoms with van der Waals surface area (Å²) in [5, 5.41) is 0. The van der Waals surface area contributed by atoms with E-state index in [0.29, 0.717) is 12.4 Å². The third kappa shape index (κ3) is 4.55. The average molecular weight is 279 g/mol. The van der Waals surface area contributed by atoms with Crippen LogP contribution >= 0.6 is 11.8 Å². The Hall–Kier alpha value is -1.00. The normalized spacial score (nSPS) is 19.5. The summed E-state index contributed by atoms with van der Waals surface area (Å²) in [5.41, 5.74) is 2.56. The van der Waals surface area contributed by atoms with Gasteiger partial charge in [0.05, 0.1) is 18.5 Å². The number of rotatable bonds is 4. The molecule has 0 aromatic heterocycles. The van der Waals surface area contributed by atoms with Crippen LogP contribution in [0.2, 0.25) is 0 Å². The molecule has 0 spiro atoms. The summed E-state index contributed by atoms with van der Waals surface area (Å²) >= 11 is 1.69. The van der Waals surface area contributed by atoms with Crippen LogP contribution in [0.5, 0.6) is 0 Å². The number of benzene rings is 1. The monoisotopic (exact) mass is 279 g/mol. The van der Waals surface area contributed by atoms with Crippen molar-refractivity contribution in [3.8, 4) is 0 Å². The van der Waals surface area contributed by atoms with Crippen LogP contribution < -0.4 is 0 Å². The van der Waals surface area contributed by atoms with E-state index in [-0.39, 0.29) is 12.0 Å². The molecule has 3 nitrogen and oxygen atoms in total. The molecule has 0 N–H and O–H groups in total. The summed E-state index contributed by atoms with van der Waals surface area (Å²) in [6.07, 6.45) is 0.166. The molecule has 1 aromatic rings. The van der Waals surface area contributed by atoms with Crippen molar-refractivity contribution in [2.75, 3.05) is 25.4 Å². The summed E-state index contributed by atoms with van der Waals surface area (Å²) in [6.45, 7) is 6.22. The molecule has 1 amide bonds. The van der Waals surface area contributed by atoms with Crippen molar-refractivity contribution in [2.45, 2.75) is 25.7 Å². The van der Waals surface area contributed by atoms with Crippen molar-refractivity contribution in [3.63, 3.8) is 0 Å². The fourth-order valence-corrected chi connectivity index (χ4v) is 3.07. The van der Waals surface area contributed by atoms with Gasteiger partial charge in [0.15, 0.2) is 0 Å². The largest absolute Gasteiger partial charge is 0.375 e. The zero-order chi connectivity index (χ0) is 13.7. The van der Waals surface area contributed by atoms with Gasteiger partial charge in [-0.25, -0.2) is 0 Å². The van der Waals surface area contributed by atoms with Crippen molar-refractivity contribution in [2.24, 2.45) is 0 Å². The fourth-order valence-electron chi connectivity index (χ4n) is 2.19. The molecular weight excluding hydrogens is 258 g/mol. The average Bonchev–Trinajstić information content (AvgIpc) is 2.38. The molecule has 104 valence electrons. The highest BCUT2D eigenvalue weighted by Gasteiger charge is 2.20. The first-order chi connectivity index (χ1) is 9.15. The quantitative estimate of drug-likeness (QED) is 0.848. The van der Waals surface area contributed by atoms with Crippen molar-refractivity contribution in [1.29, 1.82) is 0 Å². The van der Waals surface area contributed by atoms with E-state index in [2.05, 4.69) is 31.2 Å². The minimum Gasteiger partial charge on any atom is -0.375 e. The van der Waals surface area contributed by atoms with Gasteiger partial charge in [-0.1, -0.05) is 29.8 Å². The molecule has 19 heavy (non-hydrogen) atoms. The number of aryl methyl sites for hydroxylation is 1. The highest BCUT2D eigenvalue weighted by atomic mass is 32.2. The van der Waals surface area contributed by atoms with E-state index < -0.39 is 0 Å². The predicted molar refractivity (Wildman–Crippen MR) is 79.3 cm³/mol. The lowest BCUT2D eigenvalue weighted by molar-refractivity contribution is -0.135. The van der Waals surface area contributed by atoms with Crippen LogP contribution in [0.25, 0.3) is 0 Å². The van der Waals surface area contributed by atoms with Crippen LogP contribution in [-0.4, -0.2) is 42.4 Å². The van der Waals surface area contributed by atoms with Gasteiger partial charge < -0.3 is 9.64 Å². The number of thioether (sulfide) groups is 1. The summed E-state index contributed by atoms with van der Waals surface area (Å²) < 4.78 is 5.44. The number of carbonyl (C=O) groups is 1. The van der Waals surface area contributed by atoms with Gasteiger partial charge in [0, 0.05) is 18.8 Å². The third-order valence-electron chi connectivity index (χ3n) is 3.17. The number of amides is 1. The van der Waals surface area contributed by atoms with Crippen molar-refractivity contribution >= 4 is 17.7 Å². The molecule has 1 aromatic carbocycles. The molecule has 0 saturated carbocycles. The standard InChI is InChI=1S/C15H21NO2S/c1-12-4-3-5-14(8-12)10-19-11-15(17)16-6-7-18-13(2)9-16/h3-5,8,13H,6-7,9-11H2,1-2H3. The van der Waals surface area contributed by atoms with Gasteiger partial charge in [-0.2, -0.15) is 0 Å². The van der Waals surface area contributed by atoms with E-state index in [1.165, 1.54) is 11.1 Å². The Morgan fingerprint density at radius 3 is 3.11 bits per heavy atom. The summed E-state index contributed by atoms with van der Waals surface area (Å²) in [7, 11) is 0. The molecule has 1 heterocycles. The van der Waals surface area contributed by atoms with E-state index in [4.69, 9.17) is 4.74 Å². The summed E-state index contributed by atoms with van der Waals surface area (Å²) in [5.74, 6) is 1.68. The smallest absolute Gasteiger partial charge is 0.232 e. The maximum atomic E-state index is 12.1. The lowest BCUT2D eigenvalue weighted by Crippen LogP contribution is -2.45. The number of hydrogen-bond donors (Lipinski definition) is 0. The SMILES string of the molecule is Cc1cccc(CSCC(=O)N2CCOC(C)C2)c1. The Bertz CT molecular complexity index is 436. The Morgan fingerprint density at radius 1 is 1.53 bits per heavy atom. The Morgan fingerprint density at radius 2 is 2.37 bits per heavy atom. The van der Waals surface area contributed by atoms with Crippen molar-refractivity contribution in [1.82, 2.24) is 4.90 Å². The van der Waals surface area contributed by atoms with E-state index in [1.54, 1.807) is 11.8 Å². The Kier molecular flexibility index (Phi) is 5.28. The molecule has 0 bridgehead atoms. The highest BCUT2D eigenvalue weighted by Crippen LogP contribution is 2.15. The zero-order valence-electron chi connectivity index (χ0n) is 11.6. The molecule has 0 radical (unpaired) electrons. The number of hydrogen-bond acceptors (Lipinski definition) is 3. The maximum absolute atomic E-state index is 12.1. The van der Waals surface area contributed by atoms with E-state index in [9.17, 15) is 4.79 Å². The van der Waals surface area contributed by atoms with Gasteiger partial charge in [-0.15, -0.1) is 11.8 Å². The van der Waals surface area contributed by atoms with Gasteiger partial charge in [0.2, 0.25) is 5.91 Å². The van der Waals surface area contributed by atoms with E-state index >= 15 is 0 Å². The summed E-state index contributed by atoms with van der Waals surface area (Å²) in [4.78, 5) is 14.0. The zero-order valence-corrected chi connectivity index (χ0v) is 12.4. The molecule has 1 fully saturated rings. The molecule has 2 rings (SSSR count). The molecule has 1 saturated heterocycles. The number of carbonyl (C=O) groups excluding carboxylic acids is 1. The third-order valence-corrected chi connectivity index (χ3v) is 4.16. The molecule has 1 aliphatic rings. The first-order valence-electron chi connectivity index (χ1n) is 6.68. The van der Waals surface area contributed by atoms with Crippen LogP contribution in [0.15, 0.2) is 24.3 Å². The fraction of sp³-hybridized carbons (Fsp3) is 0.533. The minimum atomic E-state index is 0.166. The van der Waals surface area contributed by atoms with Crippen LogP contribution in [-0.2, 0) is 15.3 Å². The van der Waals surface area contributed by atoms with Crippen LogP contribution in [0, 0.1) is 6.92 Å². The van der Waals surface area contributed by atoms with Crippen LogP contribution in [0.3, 0.4) is 0 Å². The molecule has 4 heteroatoms. The van der Waals surface area contributed by atoms with Crippen molar-refractivity contribution in [3.05, 3.63) is 35.4 Å². The summed E-state index contributed by atoms with van der Waals surface area (Å²) in [6, 6.07) is 8.45. The maximum Gasteiger partial charge on any atom is 0.232 e. The lowest BCUT2D eigenvalue weighted by Gasteiger charge is -2.31. The molecule has 0 aliphatic carbocycles.